The lowest BCUT2D eigenvalue weighted by Crippen LogP contribution is -2.17. The van der Waals surface area contributed by atoms with Crippen LogP contribution in [-0.4, -0.2) is 24.1 Å². The van der Waals surface area contributed by atoms with Crippen LogP contribution in [0.4, 0.5) is 0 Å². The van der Waals surface area contributed by atoms with Gasteiger partial charge in [0.25, 0.3) is 0 Å². The van der Waals surface area contributed by atoms with Crippen LogP contribution in [0, 0.1) is 0 Å². The Morgan fingerprint density at radius 2 is 1.34 bits per heavy atom. The van der Waals surface area contributed by atoms with Gasteiger partial charge in [0.2, 0.25) is 5.78 Å². The van der Waals surface area contributed by atoms with Gasteiger partial charge in [-0.25, -0.2) is 4.79 Å². The summed E-state index contributed by atoms with van der Waals surface area (Å²) >= 11 is 17.7. The van der Waals surface area contributed by atoms with Gasteiger partial charge in [-0.3, -0.25) is 9.59 Å². The highest BCUT2D eigenvalue weighted by Gasteiger charge is 2.20. The molecule has 7 heteroatoms. The third kappa shape index (κ3) is 5.04. The molecule has 29 heavy (non-hydrogen) atoms. The van der Waals surface area contributed by atoms with E-state index in [1.54, 1.807) is 36.4 Å². The van der Waals surface area contributed by atoms with E-state index in [1.165, 1.54) is 30.3 Å². The molecule has 146 valence electrons. The number of esters is 1. The summed E-state index contributed by atoms with van der Waals surface area (Å²) in [5.74, 6) is -1.64. The van der Waals surface area contributed by atoms with Crippen molar-refractivity contribution in [1.82, 2.24) is 0 Å². The minimum Gasteiger partial charge on any atom is -0.454 e. The predicted octanol–water partition coefficient (Wildman–Crippen LogP) is 5.92. The summed E-state index contributed by atoms with van der Waals surface area (Å²) in [6.45, 7) is -0.524. The van der Waals surface area contributed by atoms with Crippen molar-refractivity contribution < 1.29 is 19.1 Å². The summed E-state index contributed by atoms with van der Waals surface area (Å²) in [7, 11) is 0. The number of ketones is 2. The molecule has 0 saturated heterocycles. The Hall–Kier alpha value is -2.66. The molecule has 0 radical (unpaired) electrons. The van der Waals surface area contributed by atoms with E-state index in [4.69, 9.17) is 39.5 Å². The Morgan fingerprint density at radius 3 is 2.00 bits per heavy atom. The Bertz CT molecular complexity index is 1090. The Kier molecular flexibility index (Phi) is 6.70. The first-order chi connectivity index (χ1) is 13.9. The molecule has 0 aliphatic heterocycles. The maximum atomic E-state index is 12.8. The quantitative estimate of drug-likeness (QED) is 0.348. The fourth-order valence-corrected chi connectivity index (χ4v) is 3.26. The number of hydrogen-bond donors (Lipinski definition) is 0. The van der Waals surface area contributed by atoms with Gasteiger partial charge in [0, 0.05) is 26.7 Å². The number of benzene rings is 3. The first kappa shape index (κ1) is 21.1. The highest BCUT2D eigenvalue weighted by Crippen LogP contribution is 2.22. The second-order valence-electron chi connectivity index (χ2n) is 6.01. The van der Waals surface area contributed by atoms with Gasteiger partial charge < -0.3 is 4.74 Å². The maximum Gasteiger partial charge on any atom is 0.339 e. The molecule has 3 aromatic rings. The van der Waals surface area contributed by atoms with Crippen LogP contribution in [-0.2, 0) is 4.74 Å². The van der Waals surface area contributed by atoms with E-state index >= 15 is 0 Å². The van der Waals surface area contributed by atoms with E-state index < -0.39 is 18.4 Å². The largest absolute Gasteiger partial charge is 0.454 e. The van der Waals surface area contributed by atoms with Crippen LogP contribution >= 0.6 is 34.8 Å². The molecule has 0 unspecified atom stereocenters. The van der Waals surface area contributed by atoms with E-state index in [0.29, 0.717) is 15.6 Å². The molecule has 0 N–H and O–H groups in total. The van der Waals surface area contributed by atoms with Gasteiger partial charge in [-0.2, -0.15) is 0 Å². The zero-order valence-electron chi connectivity index (χ0n) is 14.8. The molecule has 0 spiro atoms. The highest BCUT2D eigenvalue weighted by molar-refractivity contribution is 6.37. The van der Waals surface area contributed by atoms with Crippen molar-refractivity contribution in [3.8, 4) is 0 Å². The van der Waals surface area contributed by atoms with Gasteiger partial charge in [-0.15, -0.1) is 0 Å². The molecule has 0 fully saturated rings. The first-order valence-electron chi connectivity index (χ1n) is 8.41. The van der Waals surface area contributed by atoms with Gasteiger partial charge in [-0.05, 0) is 48.5 Å². The van der Waals surface area contributed by atoms with Crippen molar-refractivity contribution in [2.45, 2.75) is 0 Å². The lowest BCUT2D eigenvalue weighted by atomic mass is 9.98. The maximum absolute atomic E-state index is 12.8. The van der Waals surface area contributed by atoms with Crippen LogP contribution in [0.2, 0.25) is 15.1 Å². The number of ether oxygens (including phenoxy) is 1. The Labute approximate surface area is 182 Å². The molecule has 0 heterocycles. The molecule has 3 aromatic carbocycles. The normalized spacial score (nSPS) is 10.4. The van der Waals surface area contributed by atoms with Crippen molar-refractivity contribution in [1.29, 1.82) is 0 Å². The van der Waals surface area contributed by atoms with Crippen molar-refractivity contribution in [3.05, 3.63) is 104 Å². The van der Waals surface area contributed by atoms with Gasteiger partial charge in [0.05, 0.1) is 10.6 Å². The highest BCUT2D eigenvalue weighted by atomic mass is 35.5. The molecule has 0 amide bonds. The summed E-state index contributed by atoms with van der Waals surface area (Å²) in [4.78, 5) is 37.6. The van der Waals surface area contributed by atoms with Gasteiger partial charge in [0.1, 0.15) is 0 Å². The number of Topliss-reactive ketones (excluding diaryl/α,β-unsaturated/α-hetero) is 1. The van der Waals surface area contributed by atoms with Crippen LogP contribution in [0.1, 0.15) is 36.6 Å². The minimum atomic E-state index is -0.790. The van der Waals surface area contributed by atoms with Crippen LogP contribution in [0.15, 0.2) is 66.7 Å². The van der Waals surface area contributed by atoms with Crippen LogP contribution < -0.4 is 0 Å². The SMILES string of the molecule is O=C(COC(=O)c1ccccc1C(=O)c1ccc(Cl)cc1)c1ccc(Cl)cc1Cl. The molecule has 0 aromatic heterocycles. The minimum absolute atomic E-state index is 0.0578. The third-order valence-corrected chi connectivity index (χ3v) is 4.86. The summed E-state index contributed by atoms with van der Waals surface area (Å²) in [6.07, 6.45) is 0. The van der Waals surface area contributed by atoms with Crippen LogP contribution in [0.3, 0.4) is 0 Å². The molecule has 0 aliphatic rings. The van der Waals surface area contributed by atoms with Gasteiger partial charge >= 0.3 is 5.97 Å². The average molecular weight is 448 g/mol. The molecule has 0 saturated carbocycles. The van der Waals surface area contributed by atoms with E-state index in [-0.39, 0.29) is 27.5 Å². The van der Waals surface area contributed by atoms with E-state index in [0.717, 1.165) is 0 Å². The van der Waals surface area contributed by atoms with E-state index in [9.17, 15) is 14.4 Å². The van der Waals surface area contributed by atoms with E-state index in [1.807, 2.05) is 0 Å². The van der Waals surface area contributed by atoms with Crippen molar-refractivity contribution >= 4 is 52.3 Å². The summed E-state index contributed by atoms with van der Waals surface area (Å²) in [6, 6.07) is 16.9. The summed E-state index contributed by atoms with van der Waals surface area (Å²) in [5, 5.41) is 1.05. The molecule has 0 atom stereocenters. The van der Waals surface area contributed by atoms with Crippen molar-refractivity contribution in [2.24, 2.45) is 0 Å². The van der Waals surface area contributed by atoms with Crippen LogP contribution in [0.5, 0.6) is 0 Å². The lowest BCUT2D eigenvalue weighted by Gasteiger charge is -2.09. The van der Waals surface area contributed by atoms with Gasteiger partial charge in [0.15, 0.2) is 12.4 Å². The van der Waals surface area contributed by atoms with Crippen LogP contribution in [0.25, 0.3) is 0 Å². The standard InChI is InChI=1S/C22H13Cl3O4/c23-14-7-5-13(6-8-14)21(27)16-3-1-2-4-17(16)22(28)29-12-20(26)18-10-9-15(24)11-19(18)25/h1-11H,12H2. The smallest absolute Gasteiger partial charge is 0.339 e. The zero-order valence-corrected chi connectivity index (χ0v) is 17.1. The van der Waals surface area contributed by atoms with Gasteiger partial charge in [-0.1, -0.05) is 53.0 Å². The second-order valence-corrected chi connectivity index (χ2v) is 7.29. The summed E-state index contributed by atoms with van der Waals surface area (Å²) < 4.78 is 5.12. The predicted molar refractivity (Wildman–Crippen MR) is 112 cm³/mol. The number of carbonyl (C=O) groups is 3. The molecule has 4 nitrogen and oxygen atoms in total. The fourth-order valence-electron chi connectivity index (χ4n) is 2.62. The number of carbonyl (C=O) groups excluding carboxylic acids is 3. The number of hydrogen-bond acceptors (Lipinski definition) is 4. The van der Waals surface area contributed by atoms with E-state index in [2.05, 4.69) is 0 Å². The number of halogens is 3. The third-order valence-electron chi connectivity index (χ3n) is 4.06. The van der Waals surface area contributed by atoms with Crippen molar-refractivity contribution in [3.63, 3.8) is 0 Å². The monoisotopic (exact) mass is 446 g/mol. The molecule has 0 bridgehead atoms. The zero-order chi connectivity index (χ0) is 21.0. The number of rotatable bonds is 6. The lowest BCUT2D eigenvalue weighted by molar-refractivity contribution is 0.0473. The molecular formula is C22H13Cl3O4. The molecule has 0 aliphatic carbocycles. The second kappa shape index (κ2) is 9.23. The molecular weight excluding hydrogens is 435 g/mol. The first-order valence-corrected chi connectivity index (χ1v) is 9.55. The Balaban J connectivity index is 1.77. The summed E-state index contributed by atoms with van der Waals surface area (Å²) in [5.41, 5.74) is 0.785. The molecule has 3 rings (SSSR count). The topological polar surface area (TPSA) is 60.4 Å². The average Bonchev–Trinajstić information content (AvgIpc) is 2.72. The Morgan fingerprint density at radius 1 is 0.724 bits per heavy atom. The van der Waals surface area contributed by atoms with Crippen molar-refractivity contribution in [2.75, 3.05) is 6.61 Å². The fraction of sp³-hybridized carbons (Fsp3) is 0.0455.